The van der Waals surface area contributed by atoms with Crippen molar-refractivity contribution in [1.82, 2.24) is 19.7 Å². The molecule has 6 nitrogen and oxygen atoms in total. The first-order valence-corrected chi connectivity index (χ1v) is 6.03. The van der Waals surface area contributed by atoms with Crippen LogP contribution in [0.15, 0.2) is 30.7 Å². The predicted molar refractivity (Wildman–Crippen MR) is 72.1 cm³/mol. The number of hydrogen-bond donors (Lipinski definition) is 1. The van der Waals surface area contributed by atoms with Gasteiger partial charge in [-0.25, -0.2) is 4.68 Å². The van der Waals surface area contributed by atoms with Crippen LogP contribution in [-0.4, -0.2) is 46.2 Å². The second kappa shape index (κ2) is 5.62. The molecule has 0 aromatic carbocycles. The van der Waals surface area contributed by atoms with E-state index >= 15 is 0 Å². The van der Waals surface area contributed by atoms with Gasteiger partial charge < -0.3 is 10.6 Å². The molecule has 0 saturated heterocycles. The molecule has 100 valence electrons. The molecule has 0 atom stereocenters. The van der Waals surface area contributed by atoms with Crippen LogP contribution in [0.25, 0.3) is 5.69 Å². The molecule has 0 bridgehead atoms. The molecule has 2 heterocycles. The Morgan fingerprint density at radius 3 is 2.89 bits per heavy atom. The zero-order valence-electron chi connectivity index (χ0n) is 11.1. The molecule has 6 heteroatoms. The predicted octanol–water partition coefficient (Wildman–Crippen LogP) is 0.470. The van der Waals surface area contributed by atoms with Gasteiger partial charge in [0.2, 0.25) is 0 Å². The van der Waals surface area contributed by atoms with Gasteiger partial charge in [0, 0.05) is 26.5 Å². The van der Waals surface area contributed by atoms with E-state index in [-0.39, 0.29) is 5.91 Å². The Morgan fingerprint density at radius 2 is 2.21 bits per heavy atom. The van der Waals surface area contributed by atoms with Crippen LogP contribution in [0, 0.1) is 0 Å². The molecular formula is C13H17N5O. The number of carbonyl (C=O) groups excluding carboxylic acids is 1. The summed E-state index contributed by atoms with van der Waals surface area (Å²) in [4.78, 5) is 17.4. The summed E-state index contributed by atoms with van der Waals surface area (Å²) in [7, 11) is 3.40. The normalized spacial score (nSPS) is 10.5. The van der Waals surface area contributed by atoms with Crippen LogP contribution in [-0.2, 0) is 6.42 Å². The van der Waals surface area contributed by atoms with Gasteiger partial charge in [-0.1, -0.05) is 0 Å². The molecule has 0 aliphatic heterocycles. The van der Waals surface area contributed by atoms with E-state index < -0.39 is 0 Å². The maximum absolute atomic E-state index is 11.8. The fourth-order valence-electron chi connectivity index (χ4n) is 1.71. The summed E-state index contributed by atoms with van der Waals surface area (Å²) in [5.74, 6) is -0.121. The third kappa shape index (κ3) is 2.97. The summed E-state index contributed by atoms with van der Waals surface area (Å²) in [5.41, 5.74) is 7.81. The second-order valence-corrected chi connectivity index (χ2v) is 4.44. The quantitative estimate of drug-likeness (QED) is 0.866. The van der Waals surface area contributed by atoms with E-state index in [2.05, 4.69) is 10.1 Å². The number of rotatable bonds is 4. The van der Waals surface area contributed by atoms with E-state index in [9.17, 15) is 4.79 Å². The number of pyridine rings is 1. The maximum Gasteiger partial charge on any atom is 0.273 e. The molecule has 0 aliphatic carbocycles. The number of nitrogens with zero attached hydrogens (tertiary/aromatic N) is 4. The van der Waals surface area contributed by atoms with Gasteiger partial charge in [0.25, 0.3) is 5.91 Å². The Bertz CT molecular complexity index is 576. The molecule has 2 N–H and O–H groups in total. The molecule has 19 heavy (non-hydrogen) atoms. The third-order valence-electron chi connectivity index (χ3n) is 2.69. The van der Waals surface area contributed by atoms with Crippen molar-refractivity contribution >= 4 is 5.91 Å². The van der Waals surface area contributed by atoms with Crippen LogP contribution in [0.1, 0.15) is 16.1 Å². The largest absolute Gasteiger partial charge is 0.343 e. The molecule has 0 unspecified atom stereocenters. The highest BCUT2D eigenvalue weighted by Gasteiger charge is 2.12. The van der Waals surface area contributed by atoms with Crippen LogP contribution in [0.3, 0.4) is 0 Å². The van der Waals surface area contributed by atoms with Crippen molar-refractivity contribution in [3.05, 3.63) is 42.0 Å². The highest BCUT2D eigenvalue weighted by atomic mass is 16.2. The van der Waals surface area contributed by atoms with Crippen molar-refractivity contribution in [2.45, 2.75) is 6.42 Å². The van der Waals surface area contributed by atoms with Gasteiger partial charge in [0.1, 0.15) is 0 Å². The van der Waals surface area contributed by atoms with Gasteiger partial charge in [-0.05, 0) is 30.7 Å². The van der Waals surface area contributed by atoms with Gasteiger partial charge in [-0.2, -0.15) is 5.10 Å². The minimum atomic E-state index is -0.121. The summed E-state index contributed by atoms with van der Waals surface area (Å²) < 4.78 is 1.64. The second-order valence-electron chi connectivity index (χ2n) is 4.44. The van der Waals surface area contributed by atoms with Gasteiger partial charge in [0.15, 0.2) is 5.69 Å². The first-order chi connectivity index (χ1) is 9.11. The standard InChI is InChI=1S/C13H17N5O/c1-17(2)13(19)12-4-6-18(16-12)11-7-10(3-5-14)8-15-9-11/h4,6-9H,3,5,14H2,1-2H3. The smallest absolute Gasteiger partial charge is 0.273 e. The van der Waals surface area contributed by atoms with E-state index in [1.165, 1.54) is 4.90 Å². The SMILES string of the molecule is CN(C)C(=O)c1ccn(-c2cncc(CCN)c2)n1. The Morgan fingerprint density at radius 1 is 1.42 bits per heavy atom. The fourth-order valence-corrected chi connectivity index (χ4v) is 1.71. The van der Waals surface area contributed by atoms with Crippen LogP contribution in [0.4, 0.5) is 0 Å². The molecule has 0 fully saturated rings. The summed E-state index contributed by atoms with van der Waals surface area (Å²) >= 11 is 0. The Labute approximate surface area is 111 Å². The summed E-state index contributed by atoms with van der Waals surface area (Å²) in [6.45, 7) is 0.578. The average Bonchev–Trinajstić information content (AvgIpc) is 2.88. The first kappa shape index (κ1) is 13.2. The van der Waals surface area contributed by atoms with E-state index in [1.807, 2.05) is 6.07 Å². The lowest BCUT2D eigenvalue weighted by Gasteiger charge is -2.07. The first-order valence-electron chi connectivity index (χ1n) is 6.03. The number of amides is 1. The van der Waals surface area contributed by atoms with Crippen LogP contribution in [0.5, 0.6) is 0 Å². The highest BCUT2D eigenvalue weighted by molar-refractivity contribution is 5.91. The van der Waals surface area contributed by atoms with Crippen molar-refractivity contribution in [3.63, 3.8) is 0 Å². The molecule has 2 aromatic heterocycles. The fraction of sp³-hybridized carbons (Fsp3) is 0.308. The molecule has 0 spiro atoms. The lowest BCUT2D eigenvalue weighted by Crippen LogP contribution is -2.22. The Kier molecular flexibility index (Phi) is 3.91. The maximum atomic E-state index is 11.8. The zero-order chi connectivity index (χ0) is 13.8. The average molecular weight is 259 g/mol. The molecule has 0 aliphatic rings. The van der Waals surface area contributed by atoms with Gasteiger partial charge in [-0.3, -0.25) is 9.78 Å². The van der Waals surface area contributed by atoms with Crippen molar-refractivity contribution in [1.29, 1.82) is 0 Å². The highest BCUT2D eigenvalue weighted by Crippen LogP contribution is 2.10. The number of aromatic nitrogens is 3. The van der Waals surface area contributed by atoms with Crippen molar-refractivity contribution in [3.8, 4) is 5.69 Å². The van der Waals surface area contributed by atoms with E-state index in [4.69, 9.17) is 5.73 Å². The number of carbonyl (C=O) groups is 1. The van der Waals surface area contributed by atoms with Gasteiger partial charge in [-0.15, -0.1) is 0 Å². The van der Waals surface area contributed by atoms with Gasteiger partial charge in [0.05, 0.1) is 11.9 Å². The number of hydrogen-bond acceptors (Lipinski definition) is 4. The van der Waals surface area contributed by atoms with E-state index in [0.717, 1.165) is 17.7 Å². The molecular weight excluding hydrogens is 242 g/mol. The van der Waals surface area contributed by atoms with E-state index in [1.54, 1.807) is 43.4 Å². The summed E-state index contributed by atoms with van der Waals surface area (Å²) in [6, 6.07) is 3.66. The molecule has 1 amide bonds. The molecule has 2 aromatic rings. The van der Waals surface area contributed by atoms with Crippen LogP contribution in [0.2, 0.25) is 0 Å². The number of nitrogens with two attached hydrogens (primary N) is 1. The Balaban J connectivity index is 2.27. The Hall–Kier alpha value is -2.21. The molecule has 0 saturated carbocycles. The lowest BCUT2D eigenvalue weighted by atomic mass is 10.2. The molecule has 0 radical (unpaired) electrons. The summed E-state index contributed by atoms with van der Waals surface area (Å²) in [6.07, 6.45) is 6.01. The van der Waals surface area contributed by atoms with Crippen molar-refractivity contribution < 1.29 is 4.79 Å². The van der Waals surface area contributed by atoms with E-state index in [0.29, 0.717) is 12.2 Å². The van der Waals surface area contributed by atoms with Crippen molar-refractivity contribution in [2.24, 2.45) is 5.73 Å². The minimum Gasteiger partial charge on any atom is -0.343 e. The van der Waals surface area contributed by atoms with Crippen LogP contribution >= 0.6 is 0 Å². The topological polar surface area (TPSA) is 77.0 Å². The van der Waals surface area contributed by atoms with Crippen molar-refractivity contribution in [2.75, 3.05) is 20.6 Å². The monoisotopic (exact) mass is 259 g/mol. The third-order valence-corrected chi connectivity index (χ3v) is 2.69. The van der Waals surface area contributed by atoms with Crippen LogP contribution < -0.4 is 5.73 Å². The lowest BCUT2D eigenvalue weighted by molar-refractivity contribution is 0.0821. The van der Waals surface area contributed by atoms with Gasteiger partial charge >= 0.3 is 0 Å². The minimum absolute atomic E-state index is 0.121. The molecule has 2 rings (SSSR count). The zero-order valence-corrected chi connectivity index (χ0v) is 11.1. The summed E-state index contributed by atoms with van der Waals surface area (Å²) in [5, 5.41) is 4.26.